The first-order valence-corrected chi connectivity index (χ1v) is 18.4. The summed E-state index contributed by atoms with van der Waals surface area (Å²) >= 11 is 0. The van der Waals surface area contributed by atoms with Crippen LogP contribution in [0.4, 0.5) is 5.69 Å². The van der Waals surface area contributed by atoms with Crippen molar-refractivity contribution in [3.05, 3.63) is 115 Å². The molecule has 1 fully saturated rings. The lowest BCUT2D eigenvalue weighted by atomic mass is 9.92. The fourth-order valence-corrected chi connectivity index (χ4v) is 8.32. The molecule has 0 aliphatic carbocycles. The van der Waals surface area contributed by atoms with E-state index in [1.54, 1.807) is 29.2 Å². The number of nitrogens with one attached hydrogen (secondary N) is 1. The number of likely N-dealkylation sites (N-methyl/N-ethyl adjacent to an activating group) is 1. The maximum atomic E-state index is 13.5. The lowest BCUT2D eigenvalue weighted by Crippen LogP contribution is -2.46. The van der Waals surface area contributed by atoms with Gasteiger partial charge in [-0.1, -0.05) is 66.7 Å². The van der Waals surface area contributed by atoms with Gasteiger partial charge in [-0.2, -0.15) is 0 Å². The van der Waals surface area contributed by atoms with E-state index < -0.39 is 9.84 Å². The van der Waals surface area contributed by atoms with Crippen molar-refractivity contribution in [3.8, 4) is 22.3 Å². The highest BCUT2D eigenvalue weighted by Crippen LogP contribution is 2.41. The Morgan fingerprint density at radius 3 is 2.27 bits per heavy atom. The van der Waals surface area contributed by atoms with Crippen LogP contribution in [0.1, 0.15) is 18.4 Å². The molecular formula is C40H41N5O3S. The first-order valence-electron chi connectivity index (χ1n) is 16.7. The molecular weight excluding hydrogens is 631 g/mol. The Hall–Kier alpha value is -4.83. The van der Waals surface area contributed by atoms with E-state index in [-0.39, 0.29) is 11.7 Å². The second kappa shape index (κ2) is 13.6. The number of piperidine rings is 1. The van der Waals surface area contributed by atoms with Crippen molar-refractivity contribution in [2.45, 2.75) is 29.5 Å². The normalized spacial score (nSPS) is 14.5. The molecule has 1 N–H and O–H groups in total. The van der Waals surface area contributed by atoms with Gasteiger partial charge in [0.1, 0.15) is 5.65 Å². The number of pyridine rings is 1. The summed E-state index contributed by atoms with van der Waals surface area (Å²) in [4.78, 5) is 28.4. The van der Waals surface area contributed by atoms with E-state index in [2.05, 4.69) is 53.1 Å². The second-order valence-corrected chi connectivity index (χ2v) is 15.2. The highest BCUT2D eigenvalue weighted by Gasteiger charge is 2.24. The van der Waals surface area contributed by atoms with Crippen molar-refractivity contribution in [1.29, 1.82) is 0 Å². The number of hydrogen-bond donors (Lipinski definition) is 1. The predicted molar refractivity (Wildman–Crippen MR) is 198 cm³/mol. The smallest absolute Gasteiger partial charge is 0.240 e. The third kappa shape index (κ3) is 6.74. The van der Waals surface area contributed by atoms with Crippen molar-refractivity contribution in [2.75, 3.05) is 45.7 Å². The van der Waals surface area contributed by atoms with Crippen LogP contribution in [0.15, 0.2) is 114 Å². The van der Waals surface area contributed by atoms with Gasteiger partial charge in [-0.05, 0) is 80.0 Å². The predicted octanol–water partition coefficient (Wildman–Crippen LogP) is 7.01. The Morgan fingerprint density at radius 1 is 0.857 bits per heavy atom. The molecule has 1 saturated heterocycles. The van der Waals surface area contributed by atoms with Crippen LogP contribution >= 0.6 is 0 Å². The number of likely N-dealkylation sites (tertiary alicyclic amines) is 1. The molecule has 250 valence electrons. The second-order valence-electron chi connectivity index (χ2n) is 13.2. The number of hydrogen-bond acceptors (Lipinski definition) is 6. The SMILES string of the molecule is CN(C(=O)CN1CCC(N(C)C)CC1)c1cccc(-c2cnc3[nH]c4ccc(CS(=O)(=O)c5ccccc5)cc4c3c2-c2ccccc2)c1. The number of sulfone groups is 1. The molecule has 6 aromatic rings. The minimum atomic E-state index is -3.53. The number of H-pyrrole nitrogens is 1. The molecule has 7 rings (SSSR count). The van der Waals surface area contributed by atoms with Crippen LogP contribution in [-0.4, -0.2) is 80.9 Å². The first kappa shape index (κ1) is 32.7. The summed E-state index contributed by atoms with van der Waals surface area (Å²) in [5.41, 5.74) is 7.00. The van der Waals surface area contributed by atoms with Crippen LogP contribution in [0, 0.1) is 0 Å². The zero-order valence-electron chi connectivity index (χ0n) is 28.1. The molecule has 4 aromatic carbocycles. The van der Waals surface area contributed by atoms with Crippen LogP contribution in [0.3, 0.4) is 0 Å². The van der Waals surface area contributed by atoms with E-state index in [9.17, 15) is 13.2 Å². The average molecular weight is 672 g/mol. The monoisotopic (exact) mass is 671 g/mol. The van der Waals surface area contributed by atoms with Crippen molar-refractivity contribution < 1.29 is 13.2 Å². The van der Waals surface area contributed by atoms with Gasteiger partial charge in [-0.15, -0.1) is 0 Å². The Morgan fingerprint density at radius 2 is 1.55 bits per heavy atom. The molecule has 8 nitrogen and oxygen atoms in total. The summed E-state index contributed by atoms with van der Waals surface area (Å²) in [5.74, 6) is -0.0457. The molecule has 0 radical (unpaired) electrons. The molecule has 0 saturated carbocycles. The molecule has 1 aliphatic heterocycles. The average Bonchev–Trinajstić information content (AvgIpc) is 3.49. The highest BCUT2D eigenvalue weighted by atomic mass is 32.2. The molecule has 49 heavy (non-hydrogen) atoms. The fraction of sp³-hybridized carbons (Fsp3) is 0.250. The largest absolute Gasteiger partial charge is 0.339 e. The van der Waals surface area contributed by atoms with Crippen LogP contribution in [-0.2, 0) is 20.4 Å². The van der Waals surface area contributed by atoms with Gasteiger partial charge < -0.3 is 14.8 Å². The standard InChI is InChI=1S/C40H41N5O3S/c1-43(2)31-19-21-45(22-20-31)26-37(46)44(3)32-14-10-13-30(24-32)35-25-41-40-39(38(35)29-11-6-4-7-12-29)34-23-28(17-18-36(34)42-40)27-49(47,48)33-15-8-5-9-16-33/h4-18,23-25,31H,19-22,26-27H2,1-3H3,(H,41,42). The lowest BCUT2D eigenvalue weighted by molar-refractivity contribution is -0.119. The van der Waals surface area contributed by atoms with Gasteiger partial charge in [0.2, 0.25) is 5.91 Å². The Kier molecular flexibility index (Phi) is 9.07. The van der Waals surface area contributed by atoms with Crippen molar-refractivity contribution in [3.63, 3.8) is 0 Å². The van der Waals surface area contributed by atoms with Gasteiger partial charge in [-0.25, -0.2) is 13.4 Å². The number of amides is 1. The zero-order chi connectivity index (χ0) is 34.1. The van der Waals surface area contributed by atoms with E-state index in [0.29, 0.717) is 23.0 Å². The number of carbonyl (C=O) groups is 1. The molecule has 0 bridgehead atoms. The van der Waals surface area contributed by atoms with Gasteiger partial charge in [0.15, 0.2) is 9.84 Å². The van der Waals surface area contributed by atoms with Crippen molar-refractivity contribution in [1.82, 2.24) is 19.8 Å². The van der Waals surface area contributed by atoms with Gasteiger partial charge in [0, 0.05) is 65.5 Å². The molecule has 1 amide bonds. The Labute approximate surface area is 287 Å². The van der Waals surface area contributed by atoms with Gasteiger partial charge in [-0.3, -0.25) is 9.69 Å². The maximum absolute atomic E-state index is 13.5. The molecule has 1 aliphatic rings. The summed E-state index contributed by atoms with van der Waals surface area (Å²) in [5, 5.41) is 1.83. The van der Waals surface area contributed by atoms with E-state index in [1.165, 1.54) is 0 Å². The minimum absolute atomic E-state index is 0.0620. The van der Waals surface area contributed by atoms with E-state index in [4.69, 9.17) is 4.98 Å². The van der Waals surface area contributed by atoms with Crippen LogP contribution < -0.4 is 4.90 Å². The third-order valence-electron chi connectivity index (χ3n) is 9.77. The van der Waals surface area contributed by atoms with Crippen LogP contribution in [0.5, 0.6) is 0 Å². The summed E-state index contributed by atoms with van der Waals surface area (Å²) in [6.45, 7) is 2.22. The molecule has 2 aromatic heterocycles. The number of aromatic amines is 1. The lowest BCUT2D eigenvalue weighted by Gasteiger charge is -2.35. The number of benzene rings is 4. The fourth-order valence-electron chi connectivity index (χ4n) is 6.96. The van der Waals surface area contributed by atoms with E-state index in [0.717, 1.165) is 75.8 Å². The summed E-state index contributed by atoms with van der Waals surface area (Å²) in [6.07, 6.45) is 4.02. The van der Waals surface area contributed by atoms with E-state index in [1.807, 2.05) is 67.8 Å². The topological polar surface area (TPSA) is 89.6 Å². The zero-order valence-corrected chi connectivity index (χ0v) is 29.0. The maximum Gasteiger partial charge on any atom is 0.240 e. The summed E-state index contributed by atoms with van der Waals surface area (Å²) in [7, 11) is 2.56. The quantitative estimate of drug-likeness (QED) is 0.178. The summed E-state index contributed by atoms with van der Waals surface area (Å²) < 4.78 is 26.6. The van der Waals surface area contributed by atoms with Gasteiger partial charge in [0.25, 0.3) is 0 Å². The highest BCUT2D eigenvalue weighted by molar-refractivity contribution is 7.90. The van der Waals surface area contributed by atoms with Crippen LogP contribution in [0.25, 0.3) is 44.2 Å². The number of nitrogens with zero attached hydrogens (tertiary/aromatic N) is 4. The van der Waals surface area contributed by atoms with Gasteiger partial charge in [0.05, 0.1) is 17.2 Å². The molecule has 0 atom stereocenters. The number of aromatic nitrogens is 2. The Bertz CT molecular complexity index is 2230. The number of rotatable bonds is 9. The number of fused-ring (bicyclic) bond motifs is 3. The van der Waals surface area contributed by atoms with E-state index >= 15 is 0 Å². The Balaban J connectivity index is 1.26. The van der Waals surface area contributed by atoms with Crippen molar-refractivity contribution in [2.24, 2.45) is 0 Å². The molecule has 9 heteroatoms. The first-order chi connectivity index (χ1) is 23.7. The molecule has 0 unspecified atom stereocenters. The molecule has 3 heterocycles. The van der Waals surface area contributed by atoms with Gasteiger partial charge >= 0.3 is 0 Å². The minimum Gasteiger partial charge on any atom is -0.339 e. The van der Waals surface area contributed by atoms with Crippen molar-refractivity contribution >= 4 is 43.4 Å². The summed E-state index contributed by atoms with van der Waals surface area (Å²) in [6, 6.07) is 33.2. The number of anilines is 1. The number of carbonyl (C=O) groups excluding carboxylic acids is 1. The molecule has 0 spiro atoms. The van der Waals surface area contributed by atoms with Crippen LogP contribution in [0.2, 0.25) is 0 Å². The third-order valence-corrected chi connectivity index (χ3v) is 11.5.